The molecule has 3 aromatic rings. The lowest BCUT2D eigenvalue weighted by Gasteiger charge is -2.38. The third-order valence-corrected chi connectivity index (χ3v) is 5.23. The molecule has 0 radical (unpaired) electrons. The van der Waals surface area contributed by atoms with Gasteiger partial charge in [0.05, 0.1) is 16.3 Å². The number of fused-ring (bicyclic) bond motifs is 2. The third-order valence-electron chi connectivity index (χ3n) is 4.94. The molecule has 0 saturated carbocycles. The summed E-state index contributed by atoms with van der Waals surface area (Å²) in [4.78, 5) is 15.0. The summed E-state index contributed by atoms with van der Waals surface area (Å²) in [6.07, 6.45) is -0.679. The molecule has 0 aromatic heterocycles. The van der Waals surface area contributed by atoms with Gasteiger partial charge in [-0.3, -0.25) is 9.69 Å². The summed E-state index contributed by atoms with van der Waals surface area (Å²) in [6.45, 7) is 0.124. The van der Waals surface area contributed by atoms with Crippen LogP contribution in [0.2, 0.25) is 5.02 Å². The van der Waals surface area contributed by atoms with E-state index >= 15 is 0 Å². The van der Waals surface area contributed by atoms with E-state index in [4.69, 9.17) is 21.1 Å². The molecule has 146 valence electrons. The number of phenolic OH excluding ortho intramolecular Hbond substituents is 2. The van der Waals surface area contributed by atoms with Crippen molar-refractivity contribution in [3.05, 3.63) is 70.7 Å². The quantitative estimate of drug-likeness (QED) is 0.547. The summed E-state index contributed by atoms with van der Waals surface area (Å²) in [5, 5.41) is 23.2. The molecule has 8 heteroatoms. The van der Waals surface area contributed by atoms with Crippen LogP contribution in [0.4, 0.5) is 11.4 Å². The predicted octanol–water partition coefficient (Wildman–Crippen LogP) is 4.25. The maximum Gasteiger partial charge on any atom is 0.262 e. The molecule has 2 aliphatic heterocycles. The number of nitrogens with one attached hydrogen (secondary N) is 1. The van der Waals surface area contributed by atoms with Crippen molar-refractivity contribution in [1.29, 1.82) is 0 Å². The number of aromatic hydroxyl groups is 2. The highest BCUT2D eigenvalue weighted by Crippen LogP contribution is 2.43. The van der Waals surface area contributed by atoms with Crippen LogP contribution in [0.3, 0.4) is 0 Å². The lowest BCUT2D eigenvalue weighted by Crippen LogP contribution is -2.43. The number of hydrogen-bond acceptors (Lipinski definition) is 6. The largest absolute Gasteiger partial charge is 0.504 e. The van der Waals surface area contributed by atoms with Crippen LogP contribution in [0.5, 0.6) is 23.0 Å². The van der Waals surface area contributed by atoms with E-state index < -0.39 is 11.9 Å². The fraction of sp³-hybridized carbons (Fsp3) is 0.0952. The highest BCUT2D eigenvalue weighted by Gasteiger charge is 2.35. The van der Waals surface area contributed by atoms with E-state index in [0.29, 0.717) is 34.0 Å². The third kappa shape index (κ3) is 2.78. The zero-order valence-electron chi connectivity index (χ0n) is 14.9. The molecule has 0 spiro atoms. The van der Waals surface area contributed by atoms with Crippen LogP contribution >= 0.6 is 11.6 Å². The number of rotatable bonds is 2. The minimum absolute atomic E-state index is 0.0151. The lowest BCUT2D eigenvalue weighted by molar-refractivity contribution is 0.0975. The normalized spacial score (nSPS) is 17.1. The van der Waals surface area contributed by atoms with Crippen molar-refractivity contribution in [2.75, 3.05) is 17.0 Å². The number of hydrogen-bond donors (Lipinski definition) is 3. The summed E-state index contributed by atoms with van der Waals surface area (Å²) >= 11 is 6.07. The second kappa shape index (κ2) is 6.49. The van der Waals surface area contributed by atoms with Gasteiger partial charge in [0.1, 0.15) is 6.17 Å². The van der Waals surface area contributed by atoms with Gasteiger partial charge in [-0.1, -0.05) is 23.7 Å². The molecule has 1 atom stereocenters. The number of halogens is 1. The fourth-order valence-corrected chi connectivity index (χ4v) is 3.77. The number of nitrogens with zero attached hydrogens (tertiary/aromatic N) is 1. The van der Waals surface area contributed by atoms with Gasteiger partial charge in [-0.05, 0) is 36.4 Å². The number of anilines is 2. The molecular weight excluding hydrogens is 396 g/mol. The SMILES string of the molecule is O=C1c2ccccc2NC(c2cc(O)c(O)c(Cl)c2)N1c1ccc2c(c1)OCO2. The molecule has 1 amide bonds. The van der Waals surface area contributed by atoms with Gasteiger partial charge in [0.25, 0.3) is 5.91 Å². The van der Waals surface area contributed by atoms with E-state index in [0.717, 1.165) is 0 Å². The Balaban J connectivity index is 1.67. The molecule has 0 saturated heterocycles. The van der Waals surface area contributed by atoms with Crippen LogP contribution in [-0.4, -0.2) is 22.9 Å². The van der Waals surface area contributed by atoms with Crippen molar-refractivity contribution in [3.8, 4) is 23.0 Å². The van der Waals surface area contributed by atoms with Crippen molar-refractivity contribution in [3.63, 3.8) is 0 Å². The van der Waals surface area contributed by atoms with Gasteiger partial charge in [-0.15, -0.1) is 0 Å². The molecule has 0 fully saturated rings. The maximum atomic E-state index is 13.4. The van der Waals surface area contributed by atoms with E-state index in [1.165, 1.54) is 12.1 Å². The zero-order chi connectivity index (χ0) is 20.1. The summed E-state index contributed by atoms with van der Waals surface area (Å²) in [6, 6.07) is 15.3. The standard InChI is InChI=1S/C21H15ClN2O5/c22-14-7-11(8-16(25)19(14)26)20-23-15-4-2-1-3-13(15)21(27)24(20)12-5-6-17-18(9-12)29-10-28-17/h1-9,20,23,25-26H,10H2. The molecule has 0 aliphatic carbocycles. The van der Waals surface area contributed by atoms with Crippen LogP contribution in [0.15, 0.2) is 54.6 Å². The van der Waals surface area contributed by atoms with Crippen molar-refractivity contribution >= 4 is 28.9 Å². The van der Waals surface area contributed by atoms with Crippen LogP contribution < -0.4 is 19.7 Å². The van der Waals surface area contributed by atoms with Crippen molar-refractivity contribution in [1.82, 2.24) is 0 Å². The van der Waals surface area contributed by atoms with E-state index in [9.17, 15) is 15.0 Å². The zero-order valence-corrected chi connectivity index (χ0v) is 15.7. The number of carbonyl (C=O) groups excluding carboxylic acids is 1. The van der Waals surface area contributed by atoms with Crippen molar-refractivity contribution in [2.45, 2.75) is 6.17 Å². The highest BCUT2D eigenvalue weighted by atomic mass is 35.5. The Kier molecular flexibility index (Phi) is 3.92. The first kappa shape index (κ1) is 17.5. The van der Waals surface area contributed by atoms with E-state index in [1.54, 1.807) is 41.3 Å². The highest BCUT2D eigenvalue weighted by molar-refractivity contribution is 6.32. The molecule has 5 rings (SSSR count). The summed E-state index contributed by atoms with van der Waals surface area (Å²) in [5.74, 6) is 0.138. The molecular formula is C21H15ClN2O5. The van der Waals surface area contributed by atoms with Gasteiger partial charge in [0.15, 0.2) is 23.0 Å². The molecule has 29 heavy (non-hydrogen) atoms. The van der Waals surface area contributed by atoms with E-state index in [1.807, 2.05) is 6.07 Å². The van der Waals surface area contributed by atoms with Gasteiger partial charge >= 0.3 is 0 Å². The number of amides is 1. The molecule has 3 aromatic carbocycles. The molecule has 1 unspecified atom stereocenters. The number of ether oxygens (including phenoxy) is 2. The average molecular weight is 411 g/mol. The Morgan fingerprint density at radius 1 is 1.03 bits per heavy atom. The Bertz CT molecular complexity index is 1130. The van der Waals surface area contributed by atoms with Crippen LogP contribution in [0.1, 0.15) is 22.1 Å². The van der Waals surface area contributed by atoms with Crippen molar-refractivity contribution in [2.24, 2.45) is 0 Å². The minimum atomic E-state index is -0.679. The second-order valence-electron chi connectivity index (χ2n) is 6.68. The van der Waals surface area contributed by atoms with E-state index in [-0.39, 0.29) is 23.5 Å². The van der Waals surface area contributed by atoms with Gasteiger partial charge < -0.3 is 25.0 Å². The first-order chi connectivity index (χ1) is 14.0. The minimum Gasteiger partial charge on any atom is -0.504 e. The Morgan fingerprint density at radius 2 is 1.83 bits per heavy atom. The van der Waals surface area contributed by atoms with Gasteiger partial charge in [-0.25, -0.2) is 0 Å². The van der Waals surface area contributed by atoms with Crippen molar-refractivity contribution < 1.29 is 24.5 Å². The lowest BCUT2D eigenvalue weighted by atomic mass is 10.0. The Hall–Kier alpha value is -3.58. The predicted molar refractivity (Wildman–Crippen MR) is 107 cm³/mol. The van der Waals surface area contributed by atoms with Crippen LogP contribution in [-0.2, 0) is 0 Å². The van der Waals surface area contributed by atoms with Gasteiger partial charge in [0.2, 0.25) is 6.79 Å². The fourth-order valence-electron chi connectivity index (χ4n) is 3.55. The Labute approximate surface area is 170 Å². The first-order valence-corrected chi connectivity index (χ1v) is 9.21. The van der Waals surface area contributed by atoms with Gasteiger partial charge in [0, 0.05) is 17.3 Å². The summed E-state index contributed by atoms with van der Waals surface area (Å²) in [7, 11) is 0. The number of para-hydroxylation sites is 1. The monoisotopic (exact) mass is 410 g/mol. The first-order valence-electron chi connectivity index (χ1n) is 8.83. The molecule has 7 nitrogen and oxygen atoms in total. The Morgan fingerprint density at radius 3 is 2.66 bits per heavy atom. The summed E-state index contributed by atoms with van der Waals surface area (Å²) in [5.41, 5.74) is 2.25. The average Bonchev–Trinajstić information content (AvgIpc) is 3.19. The molecule has 3 N–H and O–H groups in total. The van der Waals surface area contributed by atoms with Crippen LogP contribution in [0.25, 0.3) is 0 Å². The smallest absolute Gasteiger partial charge is 0.262 e. The maximum absolute atomic E-state index is 13.4. The number of benzene rings is 3. The van der Waals surface area contributed by atoms with Crippen LogP contribution in [0, 0.1) is 0 Å². The number of phenols is 2. The topological polar surface area (TPSA) is 91.3 Å². The summed E-state index contributed by atoms with van der Waals surface area (Å²) < 4.78 is 10.8. The molecule has 2 heterocycles. The van der Waals surface area contributed by atoms with E-state index in [2.05, 4.69) is 5.32 Å². The second-order valence-corrected chi connectivity index (χ2v) is 7.08. The number of carbonyl (C=O) groups is 1. The molecule has 2 aliphatic rings. The molecule has 0 bridgehead atoms. The van der Waals surface area contributed by atoms with Gasteiger partial charge in [-0.2, -0.15) is 0 Å².